The largest absolute Gasteiger partial charge is 0.374 e. The number of imide groups is 1. The molecule has 8 rings (SSSR count). The minimum atomic E-state index is -0.364. The van der Waals surface area contributed by atoms with Crippen LogP contribution in [-0.4, -0.2) is 92.0 Å². The Kier molecular flexibility index (Phi) is 11.3. The Morgan fingerprint density at radius 3 is 2.25 bits per heavy atom. The second-order valence-corrected chi connectivity index (χ2v) is 17.5. The topological polar surface area (TPSA) is 112 Å². The molecule has 11 heteroatoms. The van der Waals surface area contributed by atoms with E-state index in [2.05, 4.69) is 79.6 Å². The highest BCUT2D eigenvalue weighted by molar-refractivity contribution is 6.32. The molecule has 5 aliphatic rings. The molecular formula is C45H54ClN7O3. The first kappa shape index (κ1) is 38.3. The summed E-state index contributed by atoms with van der Waals surface area (Å²) < 4.78 is 0. The number of hydrogen-bond donors (Lipinski definition) is 2. The van der Waals surface area contributed by atoms with Gasteiger partial charge in [0, 0.05) is 74.4 Å². The number of nitrogens with one attached hydrogen (secondary N) is 2. The van der Waals surface area contributed by atoms with E-state index in [1.54, 1.807) is 0 Å². The van der Waals surface area contributed by atoms with Crippen molar-refractivity contribution in [2.24, 2.45) is 11.3 Å². The Hall–Kier alpha value is -4.59. The molecule has 2 atom stereocenters. The minimum absolute atomic E-state index is 0.148. The smallest absolute Gasteiger partial charge is 0.253 e. The zero-order valence-electron chi connectivity index (χ0n) is 32.5. The molecular weight excluding hydrogens is 722 g/mol. The monoisotopic (exact) mass is 775 g/mol. The van der Waals surface area contributed by atoms with Gasteiger partial charge in [-0.05, 0) is 149 Å². The van der Waals surface area contributed by atoms with Crippen LogP contribution >= 0.6 is 11.6 Å². The van der Waals surface area contributed by atoms with E-state index >= 15 is 0 Å². The van der Waals surface area contributed by atoms with Gasteiger partial charge in [0.15, 0.2) is 0 Å². The zero-order valence-corrected chi connectivity index (χ0v) is 33.3. The molecule has 5 aliphatic heterocycles. The van der Waals surface area contributed by atoms with Crippen LogP contribution in [0.25, 0.3) is 0 Å². The Labute approximate surface area is 336 Å². The quantitative estimate of drug-likeness (QED) is 0.235. The summed E-state index contributed by atoms with van der Waals surface area (Å²) in [6.45, 7) is 10.3. The number of anilines is 3. The van der Waals surface area contributed by atoms with Gasteiger partial charge < -0.3 is 24.9 Å². The van der Waals surface area contributed by atoms with Crippen molar-refractivity contribution < 1.29 is 14.4 Å². The number of rotatable bonds is 8. The third-order valence-electron chi connectivity index (χ3n) is 13.4. The number of benzene rings is 3. The van der Waals surface area contributed by atoms with Crippen molar-refractivity contribution in [1.29, 1.82) is 5.26 Å². The number of halogens is 1. The van der Waals surface area contributed by atoms with Crippen molar-refractivity contribution >= 4 is 46.4 Å². The molecule has 5 fully saturated rings. The molecule has 0 saturated carbocycles. The lowest BCUT2D eigenvalue weighted by Gasteiger charge is -2.40. The third-order valence-corrected chi connectivity index (χ3v) is 13.8. The van der Waals surface area contributed by atoms with E-state index in [-0.39, 0.29) is 29.2 Å². The molecule has 0 aliphatic carbocycles. The molecule has 5 heterocycles. The van der Waals surface area contributed by atoms with E-state index in [0.717, 1.165) is 114 Å². The van der Waals surface area contributed by atoms with Crippen LogP contribution in [-0.2, 0) is 9.59 Å². The molecule has 3 amide bonds. The number of piperidine rings is 4. The normalized spacial score (nSPS) is 23.6. The molecule has 3 aromatic carbocycles. The van der Waals surface area contributed by atoms with E-state index in [0.29, 0.717) is 41.3 Å². The average molecular weight is 776 g/mol. The summed E-state index contributed by atoms with van der Waals surface area (Å²) in [5, 5.41) is 15.5. The van der Waals surface area contributed by atoms with Gasteiger partial charge in [-0.3, -0.25) is 19.7 Å². The Bertz CT molecular complexity index is 1940. The van der Waals surface area contributed by atoms with Crippen LogP contribution in [0, 0.1) is 22.7 Å². The summed E-state index contributed by atoms with van der Waals surface area (Å²) in [6.07, 6.45) is 8.69. The molecule has 56 heavy (non-hydrogen) atoms. The van der Waals surface area contributed by atoms with Gasteiger partial charge in [0.1, 0.15) is 12.1 Å². The van der Waals surface area contributed by atoms with Crippen LogP contribution in [0.4, 0.5) is 17.1 Å². The van der Waals surface area contributed by atoms with Gasteiger partial charge in [0.25, 0.3) is 5.91 Å². The van der Waals surface area contributed by atoms with Crippen molar-refractivity contribution in [1.82, 2.24) is 15.1 Å². The van der Waals surface area contributed by atoms with E-state index in [1.807, 2.05) is 30.3 Å². The molecule has 0 aromatic heterocycles. The van der Waals surface area contributed by atoms with Crippen molar-refractivity contribution in [3.63, 3.8) is 0 Å². The van der Waals surface area contributed by atoms with Crippen LogP contribution < -0.4 is 20.4 Å². The summed E-state index contributed by atoms with van der Waals surface area (Å²) in [4.78, 5) is 46.7. The van der Waals surface area contributed by atoms with E-state index in [9.17, 15) is 19.6 Å². The molecule has 3 aromatic rings. The third kappa shape index (κ3) is 8.40. The van der Waals surface area contributed by atoms with Crippen LogP contribution in [0.15, 0.2) is 66.7 Å². The average Bonchev–Trinajstić information content (AvgIpc) is 3.54. The summed E-state index contributed by atoms with van der Waals surface area (Å²) in [6, 6.07) is 24.8. The Morgan fingerprint density at radius 2 is 1.59 bits per heavy atom. The molecule has 0 bridgehead atoms. The molecule has 1 spiro atoms. The highest BCUT2D eigenvalue weighted by Gasteiger charge is 2.44. The predicted molar refractivity (Wildman–Crippen MR) is 221 cm³/mol. The maximum atomic E-state index is 13.5. The summed E-state index contributed by atoms with van der Waals surface area (Å²) >= 11 is 6.38. The molecule has 10 nitrogen and oxygen atoms in total. The number of likely N-dealkylation sites (tertiary alicyclic amines) is 2. The second kappa shape index (κ2) is 16.5. The Balaban J connectivity index is 0.752. The van der Waals surface area contributed by atoms with Crippen LogP contribution in [0.1, 0.15) is 92.1 Å². The number of hydrogen-bond acceptors (Lipinski definition) is 8. The number of nitrogens with zero attached hydrogens (tertiary/aromatic N) is 5. The number of carbonyl (C=O) groups excluding carboxylic acids is 3. The molecule has 2 N–H and O–H groups in total. The lowest BCUT2D eigenvalue weighted by Crippen LogP contribution is -2.47. The predicted octanol–water partition coefficient (Wildman–Crippen LogP) is 7.05. The highest BCUT2D eigenvalue weighted by Crippen LogP contribution is 2.46. The summed E-state index contributed by atoms with van der Waals surface area (Å²) in [5.41, 5.74) is 6.14. The lowest BCUT2D eigenvalue weighted by molar-refractivity contribution is -0.133. The van der Waals surface area contributed by atoms with E-state index in [4.69, 9.17) is 11.6 Å². The van der Waals surface area contributed by atoms with Crippen molar-refractivity contribution in [3.05, 3.63) is 88.4 Å². The van der Waals surface area contributed by atoms with Crippen LogP contribution in [0.3, 0.4) is 0 Å². The highest BCUT2D eigenvalue weighted by atomic mass is 35.5. The first-order valence-corrected chi connectivity index (χ1v) is 21.1. The van der Waals surface area contributed by atoms with Gasteiger partial charge in [-0.25, -0.2) is 0 Å². The maximum Gasteiger partial charge on any atom is 0.253 e. The first-order chi connectivity index (χ1) is 27.1. The van der Waals surface area contributed by atoms with Crippen LogP contribution in [0.5, 0.6) is 0 Å². The van der Waals surface area contributed by atoms with Gasteiger partial charge >= 0.3 is 0 Å². The van der Waals surface area contributed by atoms with Crippen molar-refractivity contribution in [2.45, 2.75) is 82.7 Å². The number of amides is 3. The maximum absolute atomic E-state index is 13.5. The zero-order chi connectivity index (χ0) is 38.8. The van der Waals surface area contributed by atoms with Crippen molar-refractivity contribution in [3.8, 4) is 6.07 Å². The molecule has 5 saturated heterocycles. The first-order valence-electron chi connectivity index (χ1n) is 20.7. The Morgan fingerprint density at radius 1 is 0.893 bits per heavy atom. The van der Waals surface area contributed by atoms with E-state index in [1.165, 1.54) is 11.3 Å². The number of carbonyl (C=O) groups is 3. The van der Waals surface area contributed by atoms with Gasteiger partial charge in [-0.2, -0.15) is 5.26 Å². The number of nitriles is 1. The van der Waals surface area contributed by atoms with Gasteiger partial charge in [0.2, 0.25) is 11.8 Å². The second-order valence-electron chi connectivity index (χ2n) is 17.1. The molecule has 294 valence electrons. The molecule has 1 unspecified atom stereocenters. The van der Waals surface area contributed by atoms with Gasteiger partial charge in [-0.1, -0.05) is 23.7 Å². The summed E-state index contributed by atoms with van der Waals surface area (Å²) in [7, 11) is 0. The standard InChI is InChI=1S/C45H54ClN7O3/c1-31-27-45(30-53(31)39-11-6-36(28-47)40(46)26-39)18-24-51(25-19-45)38-9-4-35(5-10-38)44(56)52-22-14-32(15-23-52)29-50-20-16-34(17-21-50)33-2-7-37(8-3-33)48-41-12-13-42(54)49-43(41)55/h2-11,26,31-32,34,41,48H,12-25,27,29-30H2,1H3,(H,49,54,55)/t31-,41?/m0/s1. The fraction of sp³-hybridized carbons (Fsp3) is 0.511. The van der Waals surface area contributed by atoms with Gasteiger partial charge in [-0.15, -0.1) is 0 Å². The minimum Gasteiger partial charge on any atom is -0.374 e. The summed E-state index contributed by atoms with van der Waals surface area (Å²) in [5.74, 6) is 0.864. The van der Waals surface area contributed by atoms with Crippen LogP contribution in [0.2, 0.25) is 5.02 Å². The fourth-order valence-corrected chi connectivity index (χ4v) is 10.3. The fourth-order valence-electron chi connectivity index (χ4n) is 10.1. The molecule has 0 radical (unpaired) electrons. The van der Waals surface area contributed by atoms with E-state index < -0.39 is 0 Å². The SMILES string of the molecule is C[C@H]1CC2(CCN(c3ccc(C(=O)N4CCC(CN5CCC(c6ccc(NC7CCC(=O)NC7=O)cc6)CC5)CC4)cc3)CC2)CN1c1ccc(C#N)c(Cl)c1. The van der Waals surface area contributed by atoms with Gasteiger partial charge in [0.05, 0.1) is 10.6 Å². The lowest BCUT2D eigenvalue weighted by atomic mass is 9.76. The van der Waals surface area contributed by atoms with Crippen molar-refractivity contribution in [2.75, 3.05) is 67.5 Å².